The molecule has 0 spiro atoms. The summed E-state index contributed by atoms with van der Waals surface area (Å²) in [6.45, 7) is 2.55. The molecule has 28 heavy (non-hydrogen) atoms. The Bertz CT molecular complexity index is 1130. The van der Waals surface area contributed by atoms with E-state index in [1.807, 2.05) is 66.2 Å². The van der Waals surface area contributed by atoms with Crippen molar-refractivity contribution in [2.24, 2.45) is 0 Å². The molecule has 1 N–H and O–H groups in total. The van der Waals surface area contributed by atoms with Gasteiger partial charge in [-0.25, -0.2) is 4.68 Å². The van der Waals surface area contributed by atoms with Crippen molar-refractivity contribution in [2.45, 2.75) is 13.5 Å². The summed E-state index contributed by atoms with van der Waals surface area (Å²) in [6, 6.07) is 21.0. The number of aromatic nitrogens is 3. The minimum Gasteiger partial charge on any atom is -0.497 e. The van der Waals surface area contributed by atoms with Crippen LogP contribution in [-0.4, -0.2) is 28.0 Å². The number of anilines is 1. The van der Waals surface area contributed by atoms with Crippen LogP contribution in [-0.2, 0) is 6.54 Å². The second kappa shape index (κ2) is 7.52. The Balaban J connectivity index is 1.55. The van der Waals surface area contributed by atoms with E-state index >= 15 is 0 Å². The first-order valence-corrected chi connectivity index (χ1v) is 8.97. The van der Waals surface area contributed by atoms with Crippen LogP contribution < -0.4 is 10.1 Å². The third-order valence-corrected chi connectivity index (χ3v) is 4.66. The minimum atomic E-state index is -0.166. The van der Waals surface area contributed by atoms with Crippen molar-refractivity contribution in [1.29, 1.82) is 0 Å². The maximum atomic E-state index is 12.6. The third kappa shape index (κ3) is 3.57. The molecule has 140 valence electrons. The van der Waals surface area contributed by atoms with E-state index in [1.54, 1.807) is 19.2 Å². The van der Waals surface area contributed by atoms with Gasteiger partial charge in [0.1, 0.15) is 11.3 Å². The Hall–Kier alpha value is -3.67. The highest BCUT2D eigenvalue weighted by atomic mass is 16.5. The number of amides is 1. The van der Waals surface area contributed by atoms with Gasteiger partial charge in [0.05, 0.1) is 19.2 Å². The summed E-state index contributed by atoms with van der Waals surface area (Å²) in [5.74, 6) is 0.650. The van der Waals surface area contributed by atoms with Gasteiger partial charge in [-0.05, 0) is 54.4 Å². The molecule has 3 aromatic carbocycles. The zero-order valence-corrected chi connectivity index (χ0v) is 15.7. The summed E-state index contributed by atoms with van der Waals surface area (Å²) >= 11 is 0. The van der Waals surface area contributed by atoms with Gasteiger partial charge in [-0.15, -0.1) is 5.10 Å². The first-order valence-electron chi connectivity index (χ1n) is 8.97. The SMILES string of the molecule is COc1ccc(Cn2nnc3cc(C(=O)Nc4ccccc4C)ccc32)cc1. The molecular formula is C22H20N4O2. The fourth-order valence-corrected chi connectivity index (χ4v) is 3.04. The number of para-hydroxylation sites is 1. The number of ether oxygens (including phenoxy) is 1. The van der Waals surface area contributed by atoms with Gasteiger partial charge in [0, 0.05) is 11.3 Å². The van der Waals surface area contributed by atoms with E-state index in [2.05, 4.69) is 15.6 Å². The van der Waals surface area contributed by atoms with Crippen LogP contribution in [0.25, 0.3) is 11.0 Å². The van der Waals surface area contributed by atoms with Crippen molar-refractivity contribution in [1.82, 2.24) is 15.0 Å². The second-order valence-electron chi connectivity index (χ2n) is 6.57. The van der Waals surface area contributed by atoms with E-state index in [1.165, 1.54) is 0 Å². The normalized spacial score (nSPS) is 10.8. The first-order chi connectivity index (χ1) is 13.6. The number of methoxy groups -OCH3 is 1. The van der Waals surface area contributed by atoms with Gasteiger partial charge in [-0.3, -0.25) is 4.79 Å². The lowest BCUT2D eigenvalue weighted by atomic mass is 10.1. The van der Waals surface area contributed by atoms with Gasteiger partial charge < -0.3 is 10.1 Å². The predicted octanol–water partition coefficient (Wildman–Crippen LogP) is 4.05. The molecule has 6 nitrogen and oxygen atoms in total. The maximum absolute atomic E-state index is 12.6. The van der Waals surface area contributed by atoms with Crippen LogP contribution in [0, 0.1) is 6.92 Å². The van der Waals surface area contributed by atoms with Crippen molar-refractivity contribution in [3.63, 3.8) is 0 Å². The minimum absolute atomic E-state index is 0.166. The molecule has 1 aromatic heterocycles. The number of nitrogens with one attached hydrogen (secondary N) is 1. The largest absolute Gasteiger partial charge is 0.497 e. The summed E-state index contributed by atoms with van der Waals surface area (Å²) in [6.07, 6.45) is 0. The molecule has 0 aliphatic carbocycles. The summed E-state index contributed by atoms with van der Waals surface area (Å²) in [5.41, 5.74) is 5.02. The molecule has 0 fully saturated rings. The highest BCUT2D eigenvalue weighted by Crippen LogP contribution is 2.19. The number of rotatable bonds is 5. The van der Waals surface area contributed by atoms with Crippen LogP contribution in [0.15, 0.2) is 66.7 Å². The van der Waals surface area contributed by atoms with Crippen LogP contribution in [0.2, 0.25) is 0 Å². The van der Waals surface area contributed by atoms with Crippen molar-refractivity contribution in [2.75, 3.05) is 12.4 Å². The summed E-state index contributed by atoms with van der Waals surface area (Å²) < 4.78 is 7.01. The molecule has 0 saturated carbocycles. The standard InChI is InChI=1S/C22H20N4O2/c1-15-5-3-4-6-19(15)23-22(27)17-9-12-21-20(13-17)24-25-26(21)14-16-7-10-18(28-2)11-8-16/h3-13H,14H2,1-2H3,(H,23,27). The van der Waals surface area contributed by atoms with E-state index in [4.69, 9.17) is 4.74 Å². The number of carbonyl (C=O) groups excluding carboxylic acids is 1. The smallest absolute Gasteiger partial charge is 0.255 e. The fraction of sp³-hybridized carbons (Fsp3) is 0.136. The van der Waals surface area contributed by atoms with Gasteiger partial charge >= 0.3 is 0 Å². The van der Waals surface area contributed by atoms with Crippen LogP contribution in [0.4, 0.5) is 5.69 Å². The molecule has 0 radical (unpaired) electrons. The zero-order chi connectivity index (χ0) is 19.5. The molecule has 0 atom stereocenters. The fourth-order valence-electron chi connectivity index (χ4n) is 3.04. The van der Waals surface area contributed by atoms with Gasteiger partial charge in [-0.1, -0.05) is 35.5 Å². The Morgan fingerprint density at radius 3 is 2.61 bits per heavy atom. The lowest BCUT2D eigenvalue weighted by Crippen LogP contribution is -2.12. The Kier molecular flexibility index (Phi) is 4.76. The van der Waals surface area contributed by atoms with Crippen molar-refractivity contribution < 1.29 is 9.53 Å². The first kappa shape index (κ1) is 17.7. The molecule has 0 bridgehead atoms. The van der Waals surface area contributed by atoms with E-state index in [9.17, 15) is 4.79 Å². The number of aryl methyl sites for hydroxylation is 1. The topological polar surface area (TPSA) is 69.0 Å². The van der Waals surface area contributed by atoms with E-state index in [0.29, 0.717) is 17.6 Å². The quantitative estimate of drug-likeness (QED) is 0.574. The third-order valence-electron chi connectivity index (χ3n) is 4.66. The Morgan fingerprint density at radius 2 is 1.86 bits per heavy atom. The van der Waals surface area contributed by atoms with Gasteiger partial charge in [0.25, 0.3) is 5.91 Å². The van der Waals surface area contributed by atoms with Gasteiger partial charge in [0.15, 0.2) is 0 Å². The van der Waals surface area contributed by atoms with Crippen LogP contribution >= 0.6 is 0 Å². The van der Waals surface area contributed by atoms with E-state index in [0.717, 1.165) is 28.1 Å². The molecular weight excluding hydrogens is 352 g/mol. The summed E-state index contributed by atoms with van der Waals surface area (Å²) in [7, 11) is 1.65. The number of hydrogen-bond acceptors (Lipinski definition) is 4. The molecule has 1 heterocycles. The molecule has 0 aliphatic rings. The highest BCUT2D eigenvalue weighted by molar-refractivity contribution is 6.06. The number of benzene rings is 3. The lowest BCUT2D eigenvalue weighted by Gasteiger charge is -2.08. The number of fused-ring (bicyclic) bond motifs is 1. The van der Waals surface area contributed by atoms with Crippen molar-refractivity contribution in [3.8, 4) is 5.75 Å². The monoisotopic (exact) mass is 372 g/mol. The summed E-state index contributed by atoms with van der Waals surface area (Å²) in [5, 5.41) is 11.4. The van der Waals surface area contributed by atoms with Crippen LogP contribution in [0.1, 0.15) is 21.5 Å². The zero-order valence-electron chi connectivity index (χ0n) is 15.7. The maximum Gasteiger partial charge on any atom is 0.255 e. The Labute approximate surface area is 162 Å². The van der Waals surface area contributed by atoms with Crippen LogP contribution in [0.5, 0.6) is 5.75 Å². The second-order valence-corrected chi connectivity index (χ2v) is 6.57. The average molecular weight is 372 g/mol. The van der Waals surface area contributed by atoms with Gasteiger partial charge in [0.2, 0.25) is 0 Å². The van der Waals surface area contributed by atoms with E-state index in [-0.39, 0.29) is 5.91 Å². The molecule has 6 heteroatoms. The predicted molar refractivity (Wildman–Crippen MR) is 109 cm³/mol. The molecule has 4 aromatic rings. The molecule has 0 aliphatic heterocycles. The molecule has 1 amide bonds. The molecule has 0 saturated heterocycles. The number of carbonyl (C=O) groups is 1. The van der Waals surface area contributed by atoms with Crippen molar-refractivity contribution in [3.05, 3.63) is 83.4 Å². The van der Waals surface area contributed by atoms with Gasteiger partial charge in [-0.2, -0.15) is 0 Å². The molecule has 0 unspecified atom stereocenters. The number of nitrogens with zero attached hydrogens (tertiary/aromatic N) is 3. The lowest BCUT2D eigenvalue weighted by molar-refractivity contribution is 0.102. The van der Waals surface area contributed by atoms with Crippen LogP contribution in [0.3, 0.4) is 0 Å². The Morgan fingerprint density at radius 1 is 1.07 bits per heavy atom. The van der Waals surface area contributed by atoms with Crippen molar-refractivity contribution >= 4 is 22.6 Å². The highest BCUT2D eigenvalue weighted by Gasteiger charge is 2.12. The van der Waals surface area contributed by atoms with E-state index < -0.39 is 0 Å². The number of hydrogen-bond donors (Lipinski definition) is 1. The molecule has 4 rings (SSSR count). The average Bonchev–Trinajstić information content (AvgIpc) is 3.12. The summed E-state index contributed by atoms with van der Waals surface area (Å²) in [4.78, 5) is 12.6.